The van der Waals surface area contributed by atoms with Crippen LogP contribution < -0.4 is 5.32 Å². The number of piperidine rings is 1. The Kier molecular flexibility index (Phi) is 2.90. The summed E-state index contributed by atoms with van der Waals surface area (Å²) in [7, 11) is 2.15. The van der Waals surface area contributed by atoms with E-state index in [0.29, 0.717) is 0 Å². The van der Waals surface area contributed by atoms with Crippen LogP contribution in [0, 0.1) is 0 Å². The first kappa shape index (κ1) is 11.2. The van der Waals surface area contributed by atoms with Gasteiger partial charge in [0.15, 0.2) is 0 Å². The van der Waals surface area contributed by atoms with E-state index >= 15 is 0 Å². The highest BCUT2D eigenvalue weighted by Gasteiger charge is 2.25. The van der Waals surface area contributed by atoms with E-state index in [4.69, 9.17) is 0 Å². The first-order valence-corrected chi connectivity index (χ1v) is 6.46. The van der Waals surface area contributed by atoms with Crippen LogP contribution >= 0.6 is 0 Å². The van der Waals surface area contributed by atoms with Gasteiger partial charge >= 0.3 is 0 Å². The van der Waals surface area contributed by atoms with Gasteiger partial charge in [0.25, 0.3) is 0 Å². The Morgan fingerprint density at radius 1 is 1.29 bits per heavy atom. The molecule has 17 heavy (non-hydrogen) atoms. The van der Waals surface area contributed by atoms with Gasteiger partial charge in [-0.3, -0.25) is 4.90 Å². The summed E-state index contributed by atoms with van der Waals surface area (Å²) in [6, 6.07) is 6.78. The van der Waals surface area contributed by atoms with Crippen molar-refractivity contribution >= 4 is 0 Å². The molecule has 1 aromatic carbocycles. The third-order valence-corrected chi connectivity index (χ3v) is 3.90. The molecule has 0 aromatic heterocycles. The van der Waals surface area contributed by atoms with Crippen LogP contribution in [0.15, 0.2) is 18.2 Å². The van der Waals surface area contributed by atoms with E-state index in [1.807, 2.05) is 0 Å². The Morgan fingerprint density at radius 3 is 2.94 bits per heavy atom. The van der Waals surface area contributed by atoms with Crippen LogP contribution in [0.3, 0.4) is 0 Å². The second kappa shape index (κ2) is 4.41. The lowest BCUT2D eigenvalue weighted by Gasteiger charge is -2.29. The zero-order chi connectivity index (χ0) is 11.8. The zero-order valence-corrected chi connectivity index (χ0v) is 10.3. The van der Waals surface area contributed by atoms with Gasteiger partial charge in [-0.25, -0.2) is 0 Å². The topological polar surface area (TPSA) is 35.5 Å². The van der Waals surface area contributed by atoms with Crippen LogP contribution in [0.2, 0.25) is 0 Å². The average Bonchev–Trinajstić information content (AvgIpc) is 2.68. The maximum atomic E-state index is 10.0. The van der Waals surface area contributed by atoms with Crippen molar-refractivity contribution < 1.29 is 5.11 Å². The monoisotopic (exact) mass is 232 g/mol. The number of fused-ring (bicyclic) bond motifs is 1. The van der Waals surface area contributed by atoms with Crippen molar-refractivity contribution in [1.82, 2.24) is 10.2 Å². The molecule has 3 rings (SSSR count). The predicted octanol–water partition coefficient (Wildman–Crippen LogP) is 1.42. The fourth-order valence-corrected chi connectivity index (χ4v) is 2.99. The molecule has 2 unspecified atom stereocenters. The molecule has 2 atom stereocenters. The van der Waals surface area contributed by atoms with E-state index in [1.165, 1.54) is 16.7 Å². The highest BCUT2D eigenvalue weighted by atomic mass is 16.3. The third-order valence-electron chi connectivity index (χ3n) is 3.90. The predicted molar refractivity (Wildman–Crippen MR) is 67.6 cm³/mol. The highest BCUT2D eigenvalue weighted by molar-refractivity contribution is 5.36. The molecule has 0 amide bonds. The second-order valence-corrected chi connectivity index (χ2v) is 5.34. The van der Waals surface area contributed by atoms with E-state index < -0.39 is 0 Å². The number of rotatable bonds is 1. The van der Waals surface area contributed by atoms with Gasteiger partial charge in [-0.05, 0) is 43.1 Å². The number of nitrogens with one attached hydrogen (secondary N) is 1. The van der Waals surface area contributed by atoms with Crippen molar-refractivity contribution in [2.24, 2.45) is 0 Å². The fraction of sp³-hybridized carbons (Fsp3) is 0.571. The number of hydrogen-bond acceptors (Lipinski definition) is 3. The summed E-state index contributed by atoms with van der Waals surface area (Å²) in [5.41, 5.74) is 4.09. The van der Waals surface area contributed by atoms with Gasteiger partial charge in [0.2, 0.25) is 0 Å². The normalized spacial score (nSPS) is 29.3. The third kappa shape index (κ3) is 2.10. The minimum atomic E-state index is -0.235. The molecular weight excluding hydrogens is 212 g/mol. The largest absolute Gasteiger partial charge is 0.391 e. The maximum Gasteiger partial charge on any atom is 0.0735 e. The molecule has 1 aromatic rings. The molecule has 3 heteroatoms. The van der Waals surface area contributed by atoms with Crippen LogP contribution in [0.1, 0.15) is 35.6 Å². The van der Waals surface area contributed by atoms with Crippen molar-refractivity contribution in [3.05, 3.63) is 34.9 Å². The summed E-state index contributed by atoms with van der Waals surface area (Å²) >= 11 is 0. The van der Waals surface area contributed by atoms with Gasteiger partial charge < -0.3 is 10.4 Å². The lowest BCUT2D eigenvalue weighted by atomic mass is 9.93. The van der Waals surface area contributed by atoms with Crippen LogP contribution in [-0.4, -0.2) is 29.7 Å². The Hall–Kier alpha value is -0.900. The van der Waals surface area contributed by atoms with E-state index in [9.17, 15) is 5.11 Å². The number of benzene rings is 1. The molecule has 0 aliphatic carbocycles. The van der Waals surface area contributed by atoms with Gasteiger partial charge in [-0.1, -0.05) is 18.2 Å². The van der Waals surface area contributed by atoms with Crippen molar-refractivity contribution in [3.63, 3.8) is 0 Å². The smallest absolute Gasteiger partial charge is 0.0735 e. The molecule has 92 valence electrons. The average molecular weight is 232 g/mol. The first-order chi connectivity index (χ1) is 8.24. The van der Waals surface area contributed by atoms with Gasteiger partial charge in [0.05, 0.1) is 12.1 Å². The minimum absolute atomic E-state index is 0.125. The Bertz CT molecular complexity index is 419. The Labute approximate surface area is 102 Å². The Balaban J connectivity index is 1.86. The fourth-order valence-electron chi connectivity index (χ4n) is 2.99. The van der Waals surface area contributed by atoms with Crippen molar-refractivity contribution in [3.8, 4) is 0 Å². The molecule has 0 bridgehead atoms. The summed E-state index contributed by atoms with van der Waals surface area (Å²) in [6.07, 6.45) is 1.75. The molecule has 2 aliphatic heterocycles. The molecule has 0 radical (unpaired) electrons. The van der Waals surface area contributed by atoms with Gasteiger partial charge in [-0.15, -0.1) is 0 Å². The van der Waals surface area contributed by atoms with E-state index in [-0.39, 0.29) is 12.1 Å². The lowest BCUT2D eigenvalue weighted by molar-refractivity contribution is 0.0965. The maximum absolute atomic E-state index is 10.0. The second-order valence-electron chi connectivity index (χ2n) is 5.34. The van der Waals surface area contributed by atoms with Crippen LogP contribution in [0.4, 0.5) is 0 Å². The van der Waals surface area contributed by atoms with E-state index in [1.54, 1.807) is 0 Å². The van der Waals surface area contributed by atoms with Gasteiger partial charge in [0, 0.05) is 13.1 Å². The van der Waals surface area contributed by atoms with Crippen molar-refractivity contribution in [2.75, 3.05) is 13.6 Å². The molecule has 2 aliphatic rings. The standard InChI is InChI=1S/C14H20N2O/c1-16-8-11-5-4-10(7-12(11)9-16)14-13(17)3-2-6-15-14/h4-5,7,13-15,17H,2-3,6,8-9H2,1H3. The molecule has 2 heterocycles. The van der Waals surface area contributed by atoms with Crippen molar-refractivity contribution in [1.29, 1.82) is 0 Å². The molecule has 1 fully saturated rings. The lowest BCUT2D eigenvalue weighted by Crippen LogP contribution is -2.37. The first-order valence-electron chi connectivity index (χ1n) is 6.46. The minimum Gasteiger partial charge on any atom is -0.391 e. The molecular formula is C14H20N2O. The number of hydrogen-bond donors (Lipinski definition) is 2. The molecule has 0 spiro atoms. The van der Waals surface area contributed by atoms with Crippen LogP contribution in [-0.2, 0) is 13.1 Å². The van der Waals surface area contributed by atoms with Crippen LogP contribution in [0.25, 0.3) is 0 Å². The summed E-state index contributed by atoms with van der Waals surface area (Å²) in [5.74, 6) is 0. The van der Waals surface area contributed by atoms with Crippen molar-refractivity contribution in [2.45, 2.75) is 38.1 Å². The number of aliphatic hydroxyl groups excluding tert-OH is 1. The summed E-state index contributed by atoms with van der Waals surface area (Å²) in [4.78, 5) is 2.32. The molecule has 1 saturated heterocycles. The number of aliphatic hydroxyl groups is 1. The van der Waals surface area contributed by atoms with E-state index in [2.05, 4.69) is 35.5 Å². The molecule has 3 nitrogen and oxygen atoms in total. The number of nitrogens with zero attached hydrogens (tertiary/aromatic N) is 1. The quantitative estimate of drug-likeness (QED) is 0.768. The SMILES string of the molecule is CN1Cc2ccc(C3NCCCC3O)cc2C1. The molecule has 2 N–H and O–H groups in total. The van der Waals surface area contributed by atoms with E-state index in [0.717, 1.165) is 32.5 Å². The highest BCUT2D eigenvalue weighted by Crippen LogP contribution is 2.28. The summed E-state index contributed by atoms with van der Waals surface area (Å²) in [5, 5.41) is 13.5. The van der Waals surface area contributed by atoms with Crippen LogP contribution in [0.5, 0.6) is 0 Å². The van der Waals surface area contributed by atoms with Gasteiger partial charge in [0.1, 0.15) is 0 Å². The summed E-state index contributed by atoms with van der Waals surface area (Å²) in [6.45, 7) is 3.10. The summed E-state index contributed by atoms with van der Waals surface area (Å²) < 4.78 is 0. The Morgan fingerprint density at radius 2 is 2.12 bits per heavy atom. The molecule has 0 saturated carbocycles. The zero-order valence-electron chi connectivity index (χ0n) is 10.3. The van der Waals surface area contributed by atoms with Gasteiger partial charge in [-0.2, -0.15) is 0 Å².